The maximum Gasteiger partial charge on any atom is 0.236 e. The van der Waals surface area contributed by atoms with Crippen LogP contribution in [0.15, 0.2) is 0 Å². The van der Waals surface area contributed by atoms with E-state index in [2.05, 4.69) is 11.2 Å². The number of aliphatic hydroxyl groups excluding tert-OH is 1. The number of hydrogen-bond acceptors (Lipinski definition) is 3. The summed E-state index contributed by atoms with van der Waals surface area (Å²) < 4.78 is 0. The van der Waals surface area contributed by atoms with E-state index < -0.39 is 0 Å². The molecule has 0 radical (unpaired) electrons. The van der Waals surface area contributed by atoms with Gasteiger partial charge in [0.1, 0.15) is 0 Å². The third kappa shape index (κ3) is 7.98. The molecule has 0 aromatic rings. The minimum Gasteiger partial charge on any atom is -0.396 e. The maximum atomic E-state index is 11.4. The number of amides is 1. The summed E-state index contributed by atoms with van der Waals surface area (Å²) in [4.78, 5) is 13.1. The Balaban J connectivity index is 3.47. The lowest BCUT2D eigenvalue weighted by Gasteiger charge is -2.16. The SMILES string of the molecule is C#CCNCC(=O)N(C)CCCCCO. The summed E-state index contributed by atoms with van der Waals surface area (Å²) in [5.41, 5.74) is 0. The number of carbonyl (C=O) groups excluding carboxylic acids is 1. The highest BCUT2D eigenvalue weighted by molar-refractivity contribution is 5.77. The summed E-state index contributed by atoms with van der Waals surface area (Å²) in [6.45, 7) is 1.67. The first-order valence-electron chi connectivity index (χ1n) is 5.21. The first-order chi connectivity index (χ1) is 7.22. The van der Waals surface area contributed by atoms with Gasteiger partial charge in [-0.15, -0.1) is 6.42 Å². The Morgan fingerprint density at radius 3 is 2.80 bits per heavy atom. The first kappa shape index (κ1) is 13.9. The Labute approximate surface area is 91.7 Å². The van der Waals surface area contributed by atoms with Gasteiger partial charge in [0.05, 0.1) is 13.1 Å². The zero-order valence-corrected chi connectivity index (χ0v) is 9.33. The highest BCUT2D eigenvalue weighted by atomic mass is 16.2. The minimum absolute atomic E-state index is 0.0502. The van der Waals surface area contributed by atoms with E-state index in [1.54, 1.807) is 11.9 Å². The largest absolute Gasteiger partial charge is 0.396 e. The van der Waals surface area contributed by atoms with Gasteiger partial charge in [0.2, 0.25) is 5.91 Å². The Hall–Kier alpha value is -1.05. The van der Waals surface area contributed by atoms with E-state index in [-0.39, 0.29) is 12.5 Å². The molecule has 0 atom stereocenters. The fraction of sp³-hybridized carbons (Fsp3) is 0.727. The molecule has 0 saturated carbocycles. The lowest BCUT2D eigenvalue weighted by molar-refractivity contribution is -0.128. The molecule has 0 aliphatic carbocycles. The van der Waals surface area contributed by atoms with Crippen molar-refractivity contribution >= 4 is 5.91 Å². The molecule has 4 heteroatoms. The summed E-state index contributed by atoms with van der Waals surface area (Å²) in [7, 11) is 1.78. The second kappa shape index (κ2) is 9.50. The normalized spacial score (nSPS) is 9.67. The molecule has 1 amide bonds. The molecular formula is C11H20N2O2. The van der Waals surface area contributed by atoms with Crippen molar-refractivity contribution in [1.82, 2.24) is 10.2 Å². The molecule has 0 aliphatic rings. The van der Waals surface area contributed by atoms with E-state index in [4.69, 9.17) is 11.5 Å². The predicted octanol–water partition coefficient (Wildman–Crippen LogP) is -0.170. The fourth-order valence-electron chi connectivity index (χ4n) is 1.14. The van der Waals surface area contributed by atoms with Crippen LogP contribution in [0.1, 0.15) is 19.3 Å². The van der Waals surface area contributed by atoms with Crippen molar-refractivity contribution in [2.24, 2.45) is 0 Å². The van der Waals surface area contributed by atoms with Crippen molar-refractivity contribution in [3.63, 3.8) is 0 Å². The Kier molecular flexibility index (Phi) is 8.84. The van der Waals surface area contributed by atoms with E-state index in [0.29, 0.717) is 13.1 Å². The molecule has 0 heterocycles. The van der Waals surface area contributed by atoms with Gasteiger partial charge in [-0.25, -0.2) is 0 Å². The smallest absolute Gasteiger partial charge is 0.236 e. The average molecular weight is 212 g/mol. The topological polar surface area (TPSA) is 52.6 Å². The first-order valence-corrected chi connectivity index (χ1v) is 5.21. The Morgan fingerprint density at radius 1 is 1.47 bits per heavy atom. The summed E-state index contributed by atoms with van der Waals surface area (Å²) in [6, 6.07) is 0. The minimum atomic E-state index is 0.0502. The number of unbranched alkanes of at least 4 members (excludes halogenated alkanes) is 2. The Bertz CT molecular complexity index is 211. The van der Waals surface area contributed by atoms with Gasteiger partial charge in [-0.05, 0) is 19.3 Å². The monoisotopic (exact) mass is 212 g/mol. The molecule has 0 aromatic heterocycles. The van der Waals surface area contributed by atoms with Gasteiger partial charge in [-0.1, -0.05) is 5.92 Å². The molecule has 0 saturated heterocycles. The van der Waals surface area contributed by atoms with Crippen LogP contribution in [0.2, 0.25) is 0 Å². The molecule has 0 aromatic carbocycles. The van der Waals surface area contributed by atoms with Gasteiger partial charge in [0, 0.05) is 20.2 Å². The van der Waals surface area contributed by atoms with E-state index >= 15 is 0 Å². The molecule has 0 spiro atoms. The zero-order chi connectivity index (χ0) is 11.5. The molecule has 0 unspecified atom stereocenters. The summed E-state index contributed by atoms with van der Waals surface area (Å²) >= 11 is 0. The fourth-order valence-corrected chi connectivity index (χ4v) is 1.14. The van der Waals surface area contributed by atoms with Crippen LogP contribution in [0.25, 0.3) is 0 Å². The van der Waals surface area contributed by atoms with Crippen LogP contribution in [0.3, 0.4) is 0 Å². The van der Waals surface area contributed by atoms with Crippen LogP contribution in [0, 0.1) is 12.3 Å². The number of rotatable bonds is 8. The summed E-state index contributed by atoms with van der Waals surface area (Å²) in [5, 5.41) is 11.4. The van der Waals surface area contributed by atoms with Crippen LogP contribution in [0.4, 0.5) is 0 Å². The highest BCUT2D eigenvalue weighted by Gasteiger charge is 2.06. The second-order valence-electron chi connectivity index (χ2n) is 3.41. The molecule has 86 valence electrons. The third-order valence-electron chi connectivity index (χ3n) is 2.08. The van der Waals surface area contributed by atoms with Crippen molar-refractivity contribution in [2.45, 2.75) is 19.3 Å². The van der Waals surface area contributed by atoms with E-state index in [1.165, 1.54) is 0 Å². The third-order valence-corrected chi connectivity index (χ3v) is 2.08. The quantitative estimate of drug-likeness (QED) is 0.434. The van der Waals surface area contributed by atoms with Gasteiger partial charge in [0.25, 0.3) is 0 Å². The van der Waals surface area contributed by atoms with Crippen LogP contribution < -0.4 is 5.32 Å². The van der Waals surface area contributed by atoms with Crippen LogP contribution in [-0.4, -0.2) is 49.2 Å². The van der Waals surface area contributed by atoms with Gasteiger partial charge in [-0.3, -0.25) is 10.1 Å². The lowest BCUT2D eigenvalue weighted by atomic mass is 10.2. The van der Waals surface area contributed by atoms with E-state index in [1.807, 2.05) is 0 Å². The molecule has 15 heavy (non-hydrogen) atoms. The standard InChI is InChI=1S/C11H20N2O2/c1-3-7-12-10-11(15)13(2)8-5-4-6-9-14/h1,12,14H,4-10H2,2H3. The number of nitrogens with zero attached hydrogens (tertiary/aromatic N) is 1. The van der Waals surface area contributed by atoms with Crippen molar-refractivity contribution in [2.75, 3.05) is 33.3 Å². The second-order valence-corrected chi connectivity index (χ2v) is 3.41. The number of hydrogen-bond donors (Lipinski definition) is 2. The van der Waals surface area contributed by atoms with Gasteiger partial charge >= 0.3 is 0 Å². The molecule has 0 aliphatic heterocycles. The summed E-state index contributed by atoms with van der Waals surface area (Å²) in [5.74, 6) is 2.46. The van der Waals surface area contributed by atoms with Crippen molar-refractivity contribution < 1.29 is 9.90 Å². The average Bonchev–Trinajstić information content (AvgIpc) is 2.24. The number of terminal acetylenes is 1. The summed E-state index contributed by atoms with van der Waals surface area (Å²) in [6.07, 6.45) is 7.73. The van der Waals surface area contributed by atoms with Crippen molar-refractivity contribution in [3.8, 4) is 12.3 Å². The number of likely N-dealkylation sites (N-methyl/N-ethyl adjacent to an activating group) is 1. The van der Waals surface area contributed by atoms with E-state index in [9.17, 15) is 4.79 Å². The van der Waals surface area contributed by atoms with Crippen molar-refractivity contribution in [3.05, 3.63) is 0 Å². The van der Waals surface area contributed by atoms with Crippen LogP contribution in [-0.2, 0) is 4.79 Å². The zero-order valence-electron chi connectivity index (χ0n) is 9.33. The van der Waals surface area contributed by atoms with E-state index in [0.717, 1.165) is 25.8 Å². The molecule has 0 bridgehead atoms. The number of aliphatic hydroxyl groups is 1. The molecule has 0 fully saturated rings. The lowest BCUT2D eigenvalue weighted by Crippen LogP contribution is -2.36. The molecule has 2 N–H and O–H groups in total. The highest BCUT2D eigenvalue weighted by Crippen LogP contribution is 1.96. The molecule has 4 nitrogen and oxygen atoms in total. The Morgan fingerprint density at radius 2 is 2.20 bits per heavy atom. The predicted molar refractivity (Wildman–Crippen MR) is 60.3 cm³/mol. The van der Waals surface area contributed by atoms with Crippen LogP contribution in [0.5, 0.6) is 0 Å². The van der Waals surface area contributed by atoms with Gasteiger partial charge in [0.15, 0.2) is 0 Å². The van der Waals surface area contributed by atoms with Crippen LogP contribution >= 0.6 is 0 Å². The number of carbonyl (C=O) groups is 1. The number of nitrogens with one attached hydrogen (secondary N) is 1. The van der Waals surface area contributed by atoms with Gasteiger partial charge in [-0.2, -0.15) is 0 Å². The molecule has 0 rings (SSSR count). The van der Waals surface area contributed by atoms with Crippen molar-refractivity contribution in [1.29, 1.82) is 0 Å². The van der Waals surface area contributed by atoms with Gasteiger partial charge < -0.3 is 10.0 Å². The molecular weight excluding hydrogens is 192 g/mol. The maximum absolute atomic E-state index is 11.4.